The Kier molecular flexibility index (Phi) is 7.11. The zero-order chi connectivity index (χ0) is 17.2. The van der Waals surface area contributed by atoms with Crippen LogP contribution in [0.3, 0.4) is 0 Å². The highest BCUT2D eigenvalue weighted by molar-refractivity contribution is 7.99. The number of hydrogen-bond donors (Lipinski definition) is 2. The quantitative estimate of drug-likeness (QED) is 0.571. The molecule has 0 bridgehead atoms. The van der Waals surface area contributed by atoms with Crippen LogP contribution in [0.5, 0.6) is 0 Å². The molecule has 0 unspecified atom stereocenters. The zero-order valence-corrected chi connectivity index (χ0v) is 14.0. The molecular formula is C19H19NO3S. The predicted molar refractivity (Wildman–Crippen MR) is 98.9 cm³/mol. The molecule has 1 amide bonds. The van der Waals surface area contributed by atoms with Crippen LogP contribution in [0.1, 0.15) is 5.56 Å². The number of rotatable bonds is 8. The molecule has 0 fully saturated rings. The van der Waals surface area contributed by atoms with E-state index in [9.17, 15) is 9.59 Å². The molecular weight excluding hydrogens is 322 g/mol. The fourth-order valence-corrected chi connectivity index (χ4v) is 2.62. The largest absolute Gasteiger partial charge is 0.481 e. The van der Waals surface area contributed by atoms with Crippen LogP contribution >= 0.6 is 11.8 Å². The van der Waals surface area contributed by atoms with Crippen LogP contribution in [0.25, 0.3) is 17.2 Å². The zero-order valence-electron chi connectivity index (χ0n) is 13.1. The van der Waals surface area contributed by atoms with Crippen LogP contribution in [0.15, 0.2) is 60.7 Å². The van der Waals surface area contributed by atoms with Crippen molar-refractivity contribution in [3.63, 3.8) is 0 Å². The van der Waals surface area contributed by atoms with Gasteiger partial charge in [0, 0.05) is 18.4 Å². The number of thioether (sulfide) groups is 1. The number of benzene rings is 2. The molecule has 0 heterocycles. The van der Waals surface area contributed by atoms with Crippen molar-refractivity contribution < 1.29 is 14.7 Å². The molecule has 4 nitrogen and oxygen atoms in total. The number of carboxylic acid groups (broad SMARTS) is 1. The number of aliphatic carboxylic acids is 1. The minimum absolute atomic E-state index is 0.0550. The Morgan fingerprint density at radius 2 is 1.67 bits per heavy atom. The third-order valence-corrected chi connectivity index (χ3v) is 4.16. The highest BCUT2D eigenvalue weighted by Gasteiger charge is 1.99. The molecule has 0 spiro atoms. The van der Waals surface area contributed by atoms with E-state index in [1.807, 2.05) is 42.5 Å². The first-order chi connectivity index (χ1) is 11.6. The van der Waals surface area contributed by atoms with Gasteiger partial charge in [-0.25, -0.2) is 0 Å². The summed E-state index contributed by atoms with van der Waals surface area (Å²) in [5.74, 6) is -0.389. The summed E-state index contributed by atoms with van der Waals surface area (Å²) in [5.41, 5.74) is 3.24. The van der Waals surface area contributed by atoms with E-state index in [1.54, 1.807) is 6.08 Å². The van der Waals surface area contributed by atoms with Crippen LogP contribution in [0.4, 0.5) is 0 Å². The van der Waals surface area contributed by atoms with Crippen molar-refractivity contribution in [2.75, 3.05) is 18.1 Å². The van der Waals surface area contributed by atoms with E-state index >= 15 is 0 Å². The number of nitrogens with one attached hydrogen (secondary N) is 1. The van der Waals surface area contributed by atoms with Crippen molar-refractivity contribution in [2.24, 2.45) is 0 Å². The van der Waals surface area contributed by atoms with E-state index in [1.165, 1.54) is 17.8 Å². The second kappa shape index (κ2) is 9.57. The Morgan fingerprint density at radius 3 is 2.33 bits per heavy atom. The molecule has 0 atom stereocenters. The average molecular weight is 341 g/mol. The maximum atomic E-state index is 11.7. The van der Waals surface area contributed by atoms with E-state index in [0.717, 1.165) is 16.7 Å². The molecule has 0 aliphatic heterocycles. The van der Waals surface area contributed by atoms with Crippen LogP contribution in [-0.2, 0) is 9.59 Å². The highest BCUT2D eigenvalue weighted by Crippen LogP contribution is 2.19. The summed E-state index contributed by atoms with van der Waals surface area (Å²) < 4.78 is 0. The molecule has 2 rings (SSSR count). The van der Waals surface area contributed by atoms with Crippen LogP contribution < -0.4 is 5.32 Å². The summed E-state index contributed by atoms with van der Waals surface area (Å²) in [4.78, 5) is 22.0. The van der Waals surface area contributed by atoms with Gasteiger partial charge in [-0.1, -0.05) is 54.6 Å². The van der Waals surface area contributed by atoms with Crippen LogP contribution in [-0.4, -0.2) is 35.0 Å². The van der Waals surface area contributed by atoms with Gasteiger partial charge in [-0.05, 0) is 22.8 Å². The predicted octanol–water partition coefficient (Wildman–Crippen LogP) is 3.30. The van der Waals surface area contributed by atoms with Gasteiger partial charge in [0.05, 0.1) is 5.75 Å². The average Bonchev–Trinajstić information content (AvgIpc) is 2.60. The Labute approximate surface area is 145 Å². The molecule has 0 saturated heterocycles. The fraction of sp³-hybridized carbons (Fsp3) is 0.158. The van der Waals surface area contributed by atoms with Gasteiger partial charge in [0.2, 0.25) is 5.91 Å². The summed E-state index contributed by atoms with van der Waals surface area (Å²) in [6.07, 6.45) is 3.24. The molecule has 2 aromatic rings. The molecule has 0 radical (unpaired) electrons. The van der Waals surface area contributed by atoms with E-state index < -0.39 is 5.97 Å². The Balaban J connectivity index is 1.79. The minimum Gasteiger partial charge on any atom is -0.481 e. The number of carbonyl (C=O) groups is 2. The van der Waals surface area contributed by atoms with Gasteiger partial charge >= 0.3 is 5.97 Å². The van der Waals surface area contributed by atoms with Crippen molar-refractivity contribution in [1.82, 2.24) is 5.32 Å². The number of carboxylic acids is 1. The molecule has 124 valence electrons. The summed E-state index contributed by atoms with van der Waals surface area (Å²) in [6, 6.07) is 18.1. The summed E-state index contributed by atoms with van der Waals surface area (Å²) >= 11 is 1.28. The summed E-state index contributed by atoms with van der Waals surface area (Å²) in [6.45, 7) is 0.452. The van der Waals surface area contributed by atoms with Gasteiger partial charge in [0.15, 0.2) is 0 Å². The van der Waals surface area contributed by atoms with E-state index in [4.69, 9.17) is 5.11 Å². The third-order valence-electron chi connectivity index (χ3n) is 3.22. The smallest absolute Gasteiger partial charge is 0.313 e. The van der Waals surface area contributed by atoms with Gasteiger partial charge in [0.1, 0.15) is 0 Å². The van der Waals surface area contributed by atoms with Crippen molar-refractivity contribution in [3.05, 3.63) is 66.2 Å². The molecule has 2 aromatic carbocycles. The number of carbonyl (C=O) groups excluding carboxylic acids is 1. The molecule has 24 heavy (non-hydrogen) atoms. The van der Waals surface area contributed by atoms with E-state index in [0.29, 0.717) is 12.3 Å². The third kappa shape index (κ3) is 6.30. The lowest BCUT2D eigenvalue weighted by Crippen LogP contribution is -2.23. The first kappa shape index (κ1) is 17.8. The lowest BCUT2D eigenvalue weighted by Gasteiger charge is -2.02. The Bertz CT molecular complexity index is 696. The lowest BCUT2D eigenvalue weighted by atomic mass is 10.0. The summed E-state index contributed by atoms with van der Waals surface area (Å²) in [7, 11) is 0. The summed E-state index contributed by atoms with van der Waals surface area (Å²) in [5, 5.41) is 11.2. The minimum atomic E-state index is -0.842. The number of amides is 1. The molecule has 0 aliphatic rings. The second-order valence-electron chi connectivity index (χ2n) is 5.06. The van der Waals surface area contributed by atoms with Gasteiger partial charge in [-0.2, -0.15) is 0 Å². The Hall–Kier alpha value is -2.53. The monoisotopic (exact) mass is 341 g/mol. The maximum absolute atomic E-state index is 11.7. The normalized spacial score (nSPS) is 10.7. The maximum Gasteiger partial charge on any atom is 0.313 e. The Morgan fingerprint density at radius 1 is 1.00 bits per heavy atom. The van der Waals surface area contributed by atoms with E-state index in [-0.39, 0.29) is 11.7 Å². The van der Waals surface area contributed by atoms with Crippen LogP contribution in [0, 0.1) is 0 Å². The van der Waals surface area contributed by atoms with Crippen molar-refractivity contribution in [2.45, 2.75) is 0 Å². The van der Waals surface area contributed by atoms with Crippen molar-refractivity contribution in [1.29, 1.82) is 0 Å². The molecule has 0 aliphatic carbocycles. The molecule has 2 N–H and O–H groups in total. The first-order valence-electron chi connectivity index (χ1n) is 7.56. The van der Waals surface area contributed by atoms with Crippen molar-refractivity contribution >= 4 is 29.7 Å². The fourth-order valence-electron chi connectivity index (χ4n) is 2.05. The van der Waals surface area contributed by atoms with Gasteiger partial charge < -0.3 is 10.4 Å². The molecule has 0 saturated carbocycles. The van der Waals surface area contributed by atoms with Gasteiger partial charge in [-0.15, -0.1) is 11.8 Å². The van der Waals surface area contributed by atoms with E-state index in [2.05, 4.69) is 17.4 Å². The first-order valence-corrected chi connectivity index (χ1v) is 8.71. The number of hydrogen-bond acceptors (Lipinski definition) is 3. The molecule has 0 aromatic heterocycles. The van der Waals surface area contributed by atoms with Crippen LogP contribution in [0.2, 0.25) is 0 Å². The van der Waals surface area contributed by atoms with Gasteiger partial charge in [-0.3, -0.25) is 9.59 Å². The second-order valence-corrected chi connectivity index (χ2v) is 6.16. The topological polar surface area (TPSA) is 66.4 Å². The van der Waals surface area contributed by atoms with Gasteiger partial charge in [0.25, 0.3) is 0 Å². The van der Waals surface area contributed by atoms with Crippen molar-refractivity contribution in [3.8, 4) is 11.1 Å². The lowest BCUT2D eigenvalue weighted by molar-refractivity contribution is -0.133. The highest BCUT2D eigenvalue weighted by atomic mass is 32.2. The standard InChI is InChI=1S/C19H19NO3S/c21-18(20-12-13-24-14-19(22)23)11-8-15-6-9-17(10-7-15)16-4-2-1-3-5-16/h1-11H,12-14H2,(H,20,21)(H,22,23)/b11-8+. The SMILES string of the molecule is O=C(O)CSCCNC(=O)/C=C/c1ccc(-c2ccccc2)cc1. The molecule has 5 heteroatoms.